The molecule has 12 aromatic carbocycles. The second kappa shape index (κ2) is 18.9. The van der Waals surface area contributed by atoms with E-state index in [9.17, 15) is 0 Å². The Kier molecular flexibility index (Phi) is 8.63. The van der Waals surface area contributed by atoms with Crippen molar-refractivity contribution < 1.29 is 13.7 Å². The summed E-state index contributed by atoms with van der Waals surface area (Å²) < 4.78 is 92.7. The van der Waals surface area contributed by atoms with Crippen LogP contribution in [-0.4, -0.2) is 28.7 Å². The number of hydrogen-bond acceptors (Lipinski definition) is 3. The maximum atomic E-state index is 8.90. The smallest absolute Gasteiger partial charge is 0.238 e. The molecule has 4 heterocycles. The third kappa shape index (κ3) is 7.68. The van der Waals surface area contributed by atoms with Gasteiger partial charge in [-0.25, -0.2) is 4.98 Å². The fourth-order valence-corrected chi connectivity index (χ4v) is 11.8. The standard InChI is InChI=1S/C75H48N6/c1-5-21-49(22-6-1)53-37-41-69-61(45-53)57-29-13-17-33-65(57)79(69)67-35-19-15-31-59(67)73-76-74(60-32-16-20-36-68(60)80-66-34-18-14-30-58(66)62-46-54(38-42-70(62)80)50-23-7-2-8-24-50)78-75(77-73)81-71-43-39-55(51-25-9-3-10-26-51)47-63(71)64-48-56(40-44-72(64)81)52-27-11-4-12-28-52/h1-48H/i1D,2D,5D,6D,7D,8D,21D,22D,23D,24D. The molecule has 0 N–H and O–H groups in total. The number of fused-ring (bicyclic) bond motifs is 9. The van der Waals surface area contributed by atoms with Crippen molar-refractivity contribution in [1.82, 2.24) is 28.7 Å². The van der Waals surface area contributed by atoms with Crippen LogP contribution >= 0.6 is 0 Å². The van der Waals surface area contributed by atoms with E-state index in [1.54, 1.807) is 0 Å². The van der Waals surface area contributed by atoms with Gasteiger partial charge >= 0.3 is 0 Å². The van der Waals surface area contributed by atoms with Gasteiger partial charge in [-0.2, -0.15) is 9.97 Å². The minimum atomic E-state index is -0.452. The van der Waals surface area contributed by atoms with Crippen molar-refractivity contribution in [2.75, 3.05) is 0 Å². The van der Waals surface area contributed by atoms with Crippen LogP contribution in [0.5, 0.6) is 0 Å². The van der Waals surface area contributed by atoms with Gasteiger partial charge in [0.05, 0.1) is 58.2 Å². The summed E-state index contributed by atoms with van der Waals surface area (Å²) in [5.74, 6) is 1.10. The fraction of sp³-hybridized carbons (Fsp3) is 0. The Morgan fingerprint density at radius 1 is 0.247 bits per heavy atom. The average molecular weight is 1040 g/mol. The molecule has 0 bridgehead atoms. The van der Waals surface area contributed by atoms with Gasteiger partial charge in [0, 0.05) is 43.4 Å². The van der Waals surface area contributed by atoms with Crippen LogP contribution in [0.2, 0.25) is 0 Å². The average Bonchev–Trinajstić information content (AvgIpc) is 1.62. The molecule has 0 saturated carbocycles. The van der Waals surface area contributed by atoms with E-state index in [0.717, 1.165) is 99.0 Å². The van der Waals surface area contributed by atoms with Crippen molar-refractivity contribution in [1.29, 1.82) is 0 Å². The molecule has 0 aliphatic heterocycles. The lowest BCUT2D eigenvalue weighted by atomic mass is 10.0. The first-order valence-electron chi connectivity index (χ1n) is 31.7. The number of benzene rings is 12. The van der Waals surface area contributed by atoms with Gasteiger partial charge in [0.25, 0.3) is 0 Å². The monoisotopic (exact) mass is 1040 g/mol. The van der Waals surface area contributed by atoms with Gasteiger partial charge in [-0.15, -0.1) is 0 Å². The Morgan fingerprint density at radius 2 is 0.580 bits per heavy atom. The number of rotatable bonds is 9. The van der Waals surface area contributed by atoms with Crippen LogP contribution in [0.15, 0.2) is 291 Å². The van der Waals surface area contributed by atoms with E-state index >= 15 is 0 Å². The molecule has 0 amide bonds. The molecule has 0 aliphatic rings. The lowest BCUT2D eigenvalue weighted by Crippen LogP contribution is -2.09. The number of aromatic nitrogens is 6. The predicted molar refractivity (Wildman–Crippen MR) is 335 cm³/mol. The fourth-order valence-electron chi connectivity index (χ4n) is 11.8. The first-order valence-corrected chi connectivity index (χ1v) is 26.7. The Bertz CT molecular complexity index is 5340. The Morgan fingerprint density at radius 3 is 1.01 bits per heavy atom. The molecule has 0 aliphatic carbocycles. The lowest BCUT2D eigenvalue weighted by Gasteiger charge is -2.17. The van der Waals surface area contributed by atoms with Gasteiger partial charge < -0.3 is 9.13 Å². The van der Waals surface area contributed by atoms with E-state index in [1.165, 1.54) is 0 Å². The van der Waals surface area contributed by atoms with Crippen molar-refractivity contribution in [2.24, 2.45) is 0 Å². The first-order chi connectivity index (χ1) is 44.3. The summed E-state index contributed by atoms with van der Waals surface area (Å²) in [6.07, 6.45) is 0. The summed E-state index contributed by atoms with van der Waals surface area (Å²) in [5, 5.41) is 5.38. The zero-order chi connectivity index (χ0) is 62.1. The summed E-state index contributed by atoms with van der Waals surface area (Å²) >= 11 is 0. The van der Waals surface area contributed by atoms with Crippen molar-refractivity contribution >= 4 is 65.4 Å². The Hall–Kier alpha value is -11.0. The normalized spacial score (nSPS) is 13.4. The van der Waals surface area contributed by atoms with Crippen LogP contribution in [0.4, 0.5) is 0 Å². The zero-order valence-corrected chi connectivity index (χ0v) is 43.1. The summed E-state index contributed by atoms with van der Waals surface area (Å²) in [5.41, 5.74) is 13.4. The molecule has 4 aromatic heterocycles. The van der Waals surface area contributed by atoms with Gasteiger partial charge in [-0.05, 0) is 129 Å². The number of hydrogen-bond donors (Lipinski definition) is 0. The largest absolute Gasteiger partial charge is 0.309 e. The Labute approximate surface area is 481 Å². The molecular formula is C75H48N6. The van der Waals surface area contributed by atoms with Gasteiger partial charge in [-0.3, -0.25) is 4.57 Å². The van der Waals surface area contributed by atoms with Gasteiger partial charge in [0.15, 0.2) is 11.6 Å². The maximum Gasteiger partial charge on any atom is 0.238 e. The molecule has 0 spiro atoms. The number of para-hydroxylation sites is 4. The van der Waals surface area contributed by atoms with E-state index in [4.69, 9.17) is 28.7 Å². The molecule has 0 fully saturated rings. The van der Waals surface area contributed by atoms with E-state index in [2.05, 4.69) is 74.4 Å². The van der Waals surface area contributed by atoms with E-state index < -0.39 is 36.3 Å². The molecule has 0 atom stereocenters. The highest BCUT2D eigenvalue weighted by atomic mass is 15.2. The van der Waals surface area contributed by atoms with Crippen molar-refractivity contribution in [2.45, 2.75) is 0 Å². The lowest BCUT2D eigenvalue weighted by molar-refractivity contribution is 0.950. The van der Waals surface area contributed by atoms with E-state index in [1.807, 2.05) is 170 Å². The third-order valence-electron chi connectivity index (χ3n) is 15.5. The van der Waals surface area contributed by atoms with Crippen LogP contribution in [0, 0.1) is 0 Å². The first kappa shape index (κ1) is 37.0. The van der Waals surface area contributed by atoms with E-state index in [0.29, 0.717) is 39.9 Å². The minimum absolute atomic E-state index is 0.118. The topological polar surface area (TPSA) is 53.5 Å². The van der Waals surface area contributed by atoms with Gasteiger partial charge in [-0.1, -0.05) is 206 Å². The molecule has 6 nitrogen and oxygen atoms in total. The summed E-state index contributed by atoms with van der Waals surface area (Å²) in [6, 6.07) is 73.4. The highest BCUT2D eigenvalue weighted by Gasteiger charge is 2.25. The summed E-state index contributed by atoms with van der Waals surface area (Å²) in [6.45, 7) is 0. The summed E-state index contributed by atoms with van der Waals surface area (Å²) in [4.78, 5) is 16.7. The molecule has 0 unspecified atom stereocenters. The van der Waals surface area contributed by atoms with Crippen LogP contribution in [0.3, 0.4) is 0 Å². The molecule has 16 aromatic rings. The molecular weight excluding hydrogens is 985 g/mol. The molecule has 378 valence electrons. The maximum absolute atomic E-state index is 8.90. The predicted octanol–water partition coefficient (Wildman–Crippen LogP) is 19.2. The molecule has 6 heteroatoms. The van der Waals surface area contributed by atoms with Gasteiger partial charge in [0.1, 0.15) is 0 Å². The minimum Gasteiger partial charge on any atom is -0.309 e. The van der Waals surface area contributed by atoms with Crippen LogP contribution in [-0.2, 0) is 0 Å². The number of nitrogens with zero attached hydrogens (tertiary/aromatic N) is 6. The van der Waals surface area contributed by atoms with Crippen LogP contribution in [0.1, 0.15) is 13.7 Å². The molecule has 0 radical (unpaired) electrons. The van der Waals surface area contributed by atoms with Crippen molar-refractivity contribution in [3.63, 3.8) is 0 Å². The third-order valence-corrected chi connectivity index (χ3v) is 15.5. The van der Waals surface area contributed by atoms with E-state index in [-0.39, 0.29) is 35.3 Å². The Balaban J connectivity index is 0.959. The van der Waals surface area contributed by atoms with Crippen molar-refractivity contribution in [3.05, 3.63) is 291 Å². The second-order valence-corrected chi connectivity index (χ2v) is 20.0. The highest BCUT2D eigenvalue weighted by Crippen LogP contribution is 2.42. The SMILES string of the molecule is [2H]c1c([2H])c([2H])c(-c2ccc3c(c2)c2ccccc2n3-c2ccccc2-c2nc(-c3ccccc3-n3c4ccccc4c4cc(-c5c([2H])c([2H])c([2H])c([2H])c5[2H])ccc43)nc(-n3c4ccc(-c5ccccc5)cc4c4cc(-c5ccccc5)ccc43)n2)c([2H])c1[2H]. The highest BCUT2D eigenvalue weighted by molar-refractivity contribution is 6.14. The second-order valence-electron chi connectivity index (χ2n) is 20.0. The molecule has 16 rings (SSSR count). The zero-order valence-electron chi connectivity index (χ0n) is 53.1. The van der Waals surface area contributed by atoms with Crippen molar-refractivity contribution in [3.8, 4) is 84.6 Å². The summed E-state index contributed by atoms with van der Waals surface area (Å²) in [7, 11) is 0. The molecule has 0 saturated heterocycles. The molecule has 81 heavy (non-hydrogen) atoms. The van der Waals surface area contributed by atoms with Gasteiger partial charge in [0.2, 0.25) is 5.95 Å². The van der Waals surface area contributed by atoms with Crippen LogP contribution < -0.4 is 0 Å². The quantitative estimate of drug-likeness (QED) is 0.145. The van der Waals surface area contributed by atoms with Crippen LogP contribution in [0.25, 0.3) is 150 Å².